The summed E-state index contributed by atoms with van der Waals surface area (Å²) in [6, 6.07) is 4.57. The molecule has 0 radical (unpaired) electrons. The van der Waals surface area contributed by atoms with E-state index in [1.807, 2.05) is 6.92 Å². The van der Waals surface area contributed by atoms with E-state index in [1.54, 1.807) is 6.07 Å². The lowest BCUT2D eigenvalue weighted by molar-refractivity contribution is -0.384. The highest BCUT2D eigenvalue weighted by Gasteiger charge is 2.10. The molecule has 0 spiro atoms. The Morgan fingerprint density at radius 3 is 2.88 bits per heavy atom. The third kappa shape index (κ3) is 4.03. The predicted molar refractivity (Wildman–Crippen MR) is 66.2 cm³/mol. The van der Waals surface area contributed by atoms with Crippen LogP contribution in [0.5, 0.6) is 5.75 Å². The Morgan fingerprint density at radius 2 is 2.29 bits per heavy atom. The Labute approximate surface area is 99.9 Å². The minimum Gasteiger partial charge on any atom is -0.492 e. The van der Waals surface area contributed by atoms with Gasteiger partial charge in [-0.15, -0.1) is 12.3 Å². The monoisotopic (exact) mass is 234 g/mol. The van der Waals surface area contributed by atoms with Crippen molar-refractivity contribution in [3.8, 4) is 18.1 Å². The Bertz CT molecular complexity index is 438. The van der Waals surface area contributed by atoms with Gasteiger partial charge in [-0.25, -0.2) is 0 Å². The molecule has 0 aliphatic rings. The van der Waals surface area contributed by atoms with Gasteiger partial charge in [0.1, 0.15) is 5.75 Å². The average Bonchev–Trinajstić information content (AvgIpc) is 2.29. The summed E-state index contributed by atoms with van der Waals surface area (Å²) in [5, 5.41) is 13.7. The van der Waals surface area contributed by atoms with Crippen LogP contribution in [0.15, 0.2) is 18.2 Å². The van der Waals surface area contributed by atoms with Crippen molar-refractivity contribution in [3.63, 3.8) is 0 Å². The number of nitrogens with zero attached hydrogens (tertiary/aromatic N) is 1. The van der Waals surface area contributed by atoms with Crippen LogP contribution >= 0.6 is 0 Å². The fourth-order valence-electron chi connectivity index (χ4n) is 1.31. The fraction of sp³-hybridized carbons (Fsp3) is 0.333. The van der Waals surface area contributed by atoms with Gasteiger partial charge in [-0.05, 0) is 6.92 Å². The first-order valence-electron chi connectivity index (χ1n) is 5.27. The first-order valence-corrected chi connectivity index (χ1v) is 5.27. The molecule has 1 N–H and O–H groups in total. The van der Waals surface area contributed by atoms with Gasteiger partial charge in [0.15, 0.2) is 0 Å². The summed E-state index contributed by atoms with van der Waals surface area (Å²) in [5.41, 5.74) is 0.663. The molecular weight excluding hydrogens is 220 g/mol. The molecule has 5 heteroatoms. The highest BCUT2D eigenvalue weighted by atomic mass is 16.6. The Balaban J connectivity index is 2.88. The van der Waals surface area contributed by atoms with Crippen molar-refractivity contribution in [3.05, 3.63) is 28.3 Å². The molecule has 90 valence electrons. The molecule has 0 aliphatic carbocycles. The lowest BCUT2D eigenvalue weighted by atomic mass is 10.2. The summed E-state index contributed by atoms with van der Waals surface area (Å²) in [6.07, 6.45) is 5.57. The first-order chi connectivity index (χ1) is 8.17. The summed E-state index contributed by atoms with van der Waals surface area (Å²) in [7, 11) is 0. The normalized spacial score (nSPS) is 9.41. The summed E-state index contributed by atoms with van der Waals surface area (Å²) in [4.78, 5) is 10.3. The molecule has 0 aromatic heterocycles. The topological polar surface area (TPSA) is 64.4 Å². The van der Waals surface area contributed by atoms with E-state index in [4.69, 9.17) is 11.2 Å². The number of benzene rings is 1. The van der Waals surface area contributed by atoms with E-state index in [2.05, 4.69) is 11.2 Å². The molecule has 0 saturated heterocycles. The lowest BCUT2D eigenvalue weighted by Crippen LogP contribution is -2.01. The predicted octanol–water partition coefficient (Wildman–Crippen LogP) is 2.43. The number of nitrogens with one attached hydrogen (secondary N) is 1. The number of ether oxygens (including phenoxy) is 1. The number of nitro benzene ring substituents is 1. The van der Waals surface area contributed by atoms with Crippen molar-refractivity contribution in [1.29, 1.82) is 0 Å². The number of hydrogen-bond acceptors (Lipinski definition) is 4. The second-order valence-electron chi connectivity index (χ2n) is 3.31. The lowest BCUT2D eigenvalue weighted by Gasteiger charge is -2.08. The Hall–Kier alpha value is -2.22. The standard InChI is InChI=1S/C12H14N2O3/c1-3-5-6-17-12-8-10(13-4-2)7-11(9-12)14(15)16/h1,7-9,13H,4-6H2,2H3. The van der Waals surface area contributed by atoms with Gasteiger partial charge in [0, 0.05) is 30.8 Å². The fourth-order valence-corrected chi connectivity index (χ4v) is 1.31. The van der Waals surface area contributed by atoms with Crippen LogP contribution in [0, 0.1) is 22.5 Å². The second-order valence-corrected chi connectivity index (χ2v) is 3.31. The third-order valence-corrected chi connectivity index (χ3v) is 2.00. The number of terminal acetylenes is 1. The van der Waals surface area contributed by atoms with Gasteiger partial charge in [0.25, 0.3) is 5.69 Å². The van der Waals surface area contributed by atoms with Crippen molar-refractivity contribution in [1.82, 2.24) is 0 Å². The third-order valence-electron chi connectivity index (χ3n) is 2.00. The molecule has 0 bridgehead atoms. The molecule has 0 aliphatic heterocycles. The number of nitro groups is 1. The van der Waals surface area contributed by atoms with Gasteiger partial charge in [-0.2, -0.15) is 0 Å². The molecule has 5 nitrogen and oxygen atoms in total. The SMILES string of the molecule is C#CCCOc1cc(NCC)cc([N+](=O)[O-])c1. The Morgan fingerprint density at radius 1 is 1.53 bits per heavy atom. The van der Waals surface area contributed by atoms with E-state index in [0.717, 1.165) is 0 Å². The maximum Gasteiger partial charge on any atom is 0.275 e. The van der Waals surface area contributed by atoms with Gasteiger partial charge in [-0.3, -0.25) is 10.1 Å². The van der Waals surface area contributed by atoms with Crippen molar-refractivity contribution in [2.75, 3.05) is 18.5 Å². The van der Waals surface area contributed by atoms with Gasteiger partial charge < -0.3 is 10.1 Å². The van der Waals surface area contributed by atoms with E-state index in [1.165, 1.54) is 12.1 Å². The van der Waals surface area contributed by atoms with Crippen LogP contribution in [-0.2, 0) is 0 Å². The van der Waals surface area contributed by atoms with Gasteiger partial charge in [-0.1, -0.05) is 0 Å². The molecular formula is C12H14N2O3. The molecule has 0 fully saturated rings. The summed E-state index contributed by atoms with van der Waals surface area (Å²) < 4.78 is 5.34. The molecule has 1 aromatic carbocycles. The van der Waals surface area contributed by atoms with E-state index >= 15 is 0 Å². The number of non-ortho nitro benzene ring substituents is 1. The zero-order chi connectivity index (χ0) is 12.7. The zero-order valence-electron chi connectivity index (χ0n) is 9.60. The van der Waals surface area contributed by atoms with Gasteiger partial charge >= 0.3 is 0 Å². The Kier molecular flexibility index (Phi) is 4.82. The maximum atomic E-state index is 10.7. The maximum absolute atomic E-state index is 10.7. The molecule has 17 heavy (non-hydrogen) atoms. The highest BCUT2D eigenvalue weighted by molar-refractivity contribution is 5.56. The van der Waals surface area contributed by atoms with Crippen LogP contribution < -0.4 is 10.1 Å². The van der Waals surface area contributed by atoms with E-state index in [-0.39, 0.29) is 5.69 Å². The van der Waals surface area contributed by atoms with Crippen LogP contribution in [0.2, 0.25) is 0 Å². The number of hydrogen-bond donors (Lipinski definition) is 1. The van der Waals surface area contributed by atoms with E-state index in [0.29, 0.717) is 31.0 Å². The minimum atomic E-state index is -0.450. The summed E-state index contributed by atoms with van der Waals surface area (Å²) in [6.45, 7) is 2.95. The van der Waals surface area contributed by atoms with Gasteiger partial charge in [0.2, 0.25) is 0 Å². The molecule has 0 saturated carbocycles. The first kappa shape index (κ1) is 12.8. The van der Waals surface area contributed by atoms with Crippen molar-refractivity contribution in [2.24, 2.45) is 0 Å². The van der Waals surface area contributed by atoms with Crippen molar-refractivity contribution in [2.45, 2.75) is 13.3 Å². The largest absolute Gasteiger partial charge is 0.492 e. The highest BCUT2D eigenvalue weighted by Crippen LogP contribution is 2.26. The van der Waals surface area contributed by atoms with Gasteiger partial charge in [0.05, 0.1) is 17.6 Å². The number of rotatable bonds is 6. The molecule has 0 unspecified atom stereocenters. The minimum absolute atomic E-state index is 0.000780. The van der Waals surface area contributed by atoms with Crippen LogP contribution in [-0.4, -0.2) is 18.1 Å². The average molecular weight is 234 g/mol. The molecule has 0 atom stereocenters. The van der Waals surface area contributed by atoms with Crippen LogP contribution in [0.25, 0.3) is 0 Å². The molecule has 0 heterocycles. The second kappa shape index (κ2) is 6.38. The van der Waals surface area contributed by atoms with E-state index in [9.17, 15) is 10.1 Å². The number of anilines is 1. The van der Waals surface area contributed by atoms with Crippen molar-refractivity contribution < 1.29 is 9.66 Å². The van der Waals surface area contributed by atoms with Crippen molar-refractivity contribution >= 4 is 11.4 Å². The summed E-state index contributed by atoms with van der Waals surface area (Å²) >= 11 is 0. The molecule has 1 rings (SSSR count). The molecule has 1 aromatic rings. The van der Waals surface area contributed by atoms with Crippen LogP contribution in [0.4, 0.5) is 11.4 Å². The molecule has 0 amide bonds. The van der Waals surface area contributed by atoms with E-state index < -0.39 is 4.92 Å². The smallest absolute Gasteiger partial charge is 0.275 e. The van der Waals surface area contributed by atoms with Crippen LogP contribution in [0.1, 0.15) is 13.3 Å². The summed E-state index contributed by atoms with van der Waals surface area (Å²) in [5.74, 6) is 2.89. The zero-order valence-corrected chi connectivity index (χ0v) is 9.60. The van der Waals surface area contributed by atoms with Crippen LogP contribution in [0.3, 0.4) is 0 Å². The quantitative estimate of drug-likeness (QED) is 0.355.